The van der Waals surface area contributed by atoms with Crippen molar-refractivity contribution in [2.75, 3.05) is 5.75 Å². The van der Waals surface area contributed by atoms with Crippen LogP contribution in [-0.4, -0.2) is 32.3 Å². The molecule has 142 valence electrons. The van der Waals surface area contributed by atoms with Crippen LogP contribution in [0.5, 0.6) is 0 Å². The number of carbonyl (C=O) groups excluding carboxylic acids is 2. The van der Waals surface area contributed by atoms with Gasteiger partial charge in [0, 0.05) is 5.92 Å². The van der Waals surface area contributed by atoms with Gasteiger partial charge in [0.25, 0.3) is 0 Å². The highest BCUT2D eigenvalue weighted by Gasteiger charge is 2.31. The number of primary amides is 1. The summed E-state index contributed by atoms with van der Waals surface area (Å²) in [7, 11) is 0. The maximum atomic E-state index is 12.5. The van der Waals surface area contributed by atoms with Crippen molar-refractivity contribution < 1.29 is 9.59 Å². The Morgan fingerprint density at radius 3 is 2.81 bits per heavy atom. The molecule has 3 N–H and O–H groups in total. The molecule has 1 heterocycles. The average Bonchev–Trinajstić information content (AvgIpc) is 3.42. The van der Waals surface area contributed by atoms with Gasteiger partial charge in [-0.25, -0.2) is 0 Å². The van der Waals surface area contributed by atoms with E-state index >= 15 is 0 Å². The fraction of sp³-hybridized carbons (Fsp3) is 0.474. The summed E-state index contributed by atoms with van der Waals surface area (Å²) in [6.45, 7) is 0.0544. The second-order valence-electron chi connectivity index (χ2n) is 7.17. The molecule has 2 amide bonds. The molecular weight excluding hydrogens is 362 g/mol. The molecule has 0 spiro atoms. The van der Waals surface area contributed by atoms with Gasteiger partial charge in [-0.15, -0.1) is 10.2 Å². The summed E-state index contributed by atoms with van der Waals surface area (Å²) in [5.41, 5.74) is 7.90. The van der Waals surface area contributed by atoms with Crippen LogP contribution in [0.1, 0.15) is 54.6 Å². The third-order valence-electron chi connectivity index (χ3n) is 5.04. The fourth-order valence-corrected chi connectivity index (χ4v) is 4.38. The van der Waals surface area contributed by atoms with Crippen LogP contribution in [0.4, 0.5) is 0 Å². The smallest absolute Gasteiger partial charge is 0.237 e. The summed E-state index contributed by atoms with van der Waals surface area (Å²) in [4.78, 5) is 23.9. The molecule has 2 aliphatic rings. The molecule has 0 bridgehead atoms. The van der Waals surface area contributed by atoms with Crippen molar-refractivity contribution in [3.63, 3.8) is 0 Å². The minimum absolute atomic E-state index is 0.0386. The van der Waals surface area contributed by atoms with Gasteiger partial charge in [-0.1, -0.05) is 36.0 Å². The lowest BCUT2D eigenvalue weighted by atomic mass is 9.88. The number of amides is 2. The first-order valence-corrected chi connectivity index (χ1v) is 10.3. The van der Waals surface area contributed by atoms with E-state index in [0.29, 0.717) is 11.1 Å². The van der Waals surface area contributed by atoms with E-state index in [1.165, 1.54) is 22.9 Å². The number of hydrogen-bond donors (Lipinski definition) is 2. The van der Waals surface area contributed by atoms with Gasteiger partial charge in [0.15, 0.2) is 5.16 Å². The molecule has 1 aromatic heterocycles. The predicted molar refractivity (Wildman–Crippen MR) is 102 cm³/mol. The Bertz CT molecular complexity index is 862. The lowest BCUT2D eigenvalue weighted by Crippen LogP contribution is -2.32. The van der Waals surface area contributed by atoms with Crippen molar-refractivity contribution >= 4 is 23.6 Å². The number of aryl methyl sites for hydroxylation is 1. The van der Waals surface area contributed by atoms with Crippen LogP contribution in [0, 0.1) is 0 Å². The topological polar surface area (TPSA) is 103 Å². The van der Waals surface area contributed by atoms with Crippen LogP contribution in [0.25, 0.3) is 0 Å². The number of fused-ring (bicyclic) bond motifs is 1. The van der Waals surface area contributed by atoms with Crippen LogP contribution >= 0.6 is 11.8 Å². The summed E-state index contributed by atoms with van der Waals surface area (Å²) in [5, 5.41) is 12.1. The standard InChI is InChI=1S/C19H23N5O2S/c20-16(25)10-24-18(13-8-9-13)22-23-19(24)27-11-17(26)21-15-7-3-5-12-4-1-2-6-14(12)15/h1-2,4,6,13,15H,3,5,7-11H2,(H2,20,25)(H,21,26)/t15-/m0/s1. The number of nitrogens with one attached hydrogen (secondary N) is 1. The van der Waals surface area contributed by atoms with E-state index in [1.54, 1.807) is 4.57 Å². The number of aromatic nitrogens is 3. The van der Waals surface area contributed by atoms with E-state index in [9.17, 15) is 9.59 Å². The van der Waals surface area contributed by atoms with Gasteiger partial charge in [0.05, 0.1) is 11.8 Å². The average molecular weight is 385 g/mol. The van der Waals surface area contributed by atoms with Crippen LogP contribution in [0.2, 0.25) is 0 Å². The van der Waals surface area contributed by atoms with Crippen molar-refractivity contribution in [1.29, 1.82) is 0 Å². The molecule has 1 fully saturated rings. The van der Waals surface area contributed by atoms with Crippen LogP contribution in [0.3, 0.4) is 0 Å². The largest absolute Gasteiger partial charge is 0.368 e. The number of carbonyl (C=O) groups is 2. The van der Waals surface area contributed by atoms with Gasteiger partial charge in [0.1, 0.15) is 12.4 Å². The highest BCUT2D eigenvalue weighted by atomic mass is 32.2. The van der Waals surface area contributed by atoms with Gasteiger partial charge >= 0.3 is 0 Å². The Balaban J connectivity index is 1.39. The van der Waals surface area contributed by atoms with Crippen molar-refractivity contribution in [3.8, 4) is 0 Å². The number of rotatable bonds is 7. The van der Waals surface area contributed by atoms with E-state index in [4.69, 9.17) is 5.73 Å². The van der Waals surface area contributed by atoms with Gasteiger partial charge in [0.2, 0.25) is 11.8 Å². The molecule has 7 nitrogen and oxygen atoms in total. The Labute approximate surface area is 162 Å². The van der Waals surface area contributed by atoms with Gasteiger partial charge in [-0.05, 0) is 43.2 Å². The molecule has 2 aliphatic carbocycles. The third-order valence-corrected chi connectivity index (χ3v) is 6.01. The van der Waals surface area contributed by atoms with Crippen molar-refractivity contribution in [2.24, 2.45) is 5.73 Å². The lowest BCUT2D eigenvalue weighted by Gasteiger charge is -2.26. The lowest BCUT2D eigenvalue weighted by molar-refractivity contribution is -0.119. The maximum absolute atomic E-state index is 12.5. The molecular formula is C19H23N5O2S. The second-order valence-corrected chi connectivity index (χ2v) is 8.11. The van der Waals surface area contributed by atoms with Crippen molar-refractivity contribution in [1.82, 2.24) is 20.1 Å². The molecule has 1 aromatic carbocycles. The highest BCUT2D eigenvalue weighted by molar-refractivity contribution is 7.99. The molecule has 8 heteroatoms. The van der Waals surface area contributed by atoms with Gasteiger partial charge in [-0.3, -0.25) is 14.2 Å². The predicted octanol–water partition coefficient (Wildman–Crippen LogP) is 1.93. The summed E-state index contributed by atoms with van der Waals surface area (Å²) in [6, 6.07) is 8.35. The molecule has 1 saturated carbocycles. The molecule has 27 heavy (non-hydrogen) atoms. The third kappa shape index (κ3) is 4.16. The Hall–Kier alpha value is -2.35. The molecule has 0 radical (unpaired) electrons. The molecule has 0 unspecified atom stereocenters. The number of benzene rings is 1. The molecule has 2 aromatic rings. The van der Waals surface area contributed by atoms with Gasteiger partial charge < -0.3 is 11.1 Å². The quantitative estimate of drug-likeness (QED) is 0.709. The van der Waals surface area contributed by atoms with E-state index in [-0.39, 0.29) is 24.2 Å². The Morgan fingerprint density at radius 2 is 2.04 bits per heavy atom. The number of nitrogens with two attached hydrogens (primary N) is 1. The Kier molecular flexibility index (Phi) is 5.15. The number of nitrogens with zero attached hydrogens (tertiary/aromatic N) is 3. The first kappa shape index (κ1) is 18.0. The van der Waals surface area contributed by atoms with E-state index in [0.717, 1.165) is 37.9 Å². The normalized spacial score (nSPS) is 18.7. The SMILES string of the molecule is NC(=O)Cn1c(SCC(=O)N[C@H]2CCCc3ccccc32)nnc1C1CC1. The van der Waals surface area contributed by atoms with Gasteiger partial charge in [-0.2, -0.15) is 0 Å². The zero-order valence-electron chi connectivity index (χ0n) is 15.1. The monoisotopic (exact) mass is 385 g/mol. The molecule has 4 rings (SSSR count). The Morgan fingerprint density at radius 1 is 1.22 bits per heavy atom. The van der Waals surface area contributed by atoms with E-state index < -0.39 is 5.91 Å². The van der Waals surface area contributed by atoms with E-state index in [1.807, 2.05) is 12.1 Å². The van der Waals surface area contributed by atoms with Crippen molar-refractivity contribution in [3.05, 3.63) is 41.2 Å². The zero-order chi connectivity index (χ0) is 18.8. The summed E-state index contributed by atoms with van der Waals surface area (Å²) in [5.74, 6) is 0.932. The summed E-state index contributed by atoms with van der Waals surface area (Å²) < 4.78 is 1.76. The van der Waals surface area contributed by atoms with Crippen LogP contribution < -0.4 is 11.1 Å². The first-order chi connectivity index (χ1) is 13.1. The molecule has 0 aliphatic heterocycles. The summed E-state index contributed by atoms with van der Waals surface area (Å²) >= 11 is 1.30. The molecule has 1 atom stereocenters. The minimum atomic E-state index is -0.429. The van der Waals surface area contributed by atoms with Crippen LogP contribution in [-0.2, 0) is 22.6 Å². The number of thioether (sulfide) groups is 1. The highest BCUT2D eigenvalue weighted by Crippen LogP contribution is 2.40. The molecule has 0 saturated heterocycles. The van der Waals surface area contributed by atoms with Crippen LogP contribution in [0.15, 0.2) is 29.4 Å². The zero-order valence-corrected chi connectivity index (χ0v) is 15.9. The van der Waals surface area contributed by atoms with E-state index in [2.05, 4.69) is 27.6 Å². The summed E-state index contributed by atoms with van der Waals surface area (Å²) in [6.07, 6.45) is 5.22. The fourth-order valence-electron chi connectivity index (χ4n) is 3.62. The number of hydrogen-bond acceptors (Lipinski definition) is 5. The maximum Gasteiger partial charge on any atom is 0.237 e. The van der Waals surface area contributed by atoms with Crippen molar-refractivity contribution in [2.45, 2.75) is 55.8 Å². The first-order valence-electron chi connectivity index (χ1n) is 9.33. The minimum Gasteiger partial charge on any atom is -0.368 e. The second kappa shape index (κ2) is 7.72.